The van der Waals surface area contributed by atoms with Crippen molar-refractivity contribution in [3.8, 4) is 0 Å². The average molecular weight is 207 g/mol. The number of carbonyl (C=O) groups is 1. The number of hydrogen-bond acceptors (Lipinski definition) is 3. The van der Waals surface area contributed by atoms with E-state index in [9.17, 15) is 4.79 Å². The predicted octanol–water partition coefficient (Wildman–Crippen LogP) is 2.67. The summed E-state index contributed by atoms with van der Waals surface area (Å²) in [7, 11) is 0. The standard InChI is InChI=1S/C11H13NOS/c1-8-12-10(7-14-8)6-9-2-4-11(13)5-3-9/h2,7H,3-6H2,1H3. The lowest BCUT2D eigenvalue weighted by Gasteiger charge is -2.10. The largest absolute Gasteiger partial charge is 0.299 e. The maximum absolute atomic E-state index is 11.0. The van der Waals surface area contributed by atoms with E-state index in [0.29, 0.717) is 12.2 Å². The van der Waals surface area contributed by atoms with Gasteiger partial charge < -0.3 is 0 Å². The Balaban J connectivity index is 2.01. The summed E-state index contributed by atoms with van der Waals surface area (Å²) in [5.74, 6) is 0.364. The molecule has 0 unspecified atom stereocenters. The highest BCUT2D eigenvalue weighted by Gasteiger charge is 2.11. The molecule has 0 amide bonds. The van der Waals surface area contributed by atoms with Crippen molar-refractivity contribution in [1.29, 1.82) is 0 Å². The van der Waals surface area contributed by atoms with E-state index in [0.717, 1.165) is 30.0 Å². The molecule has 1 aliphatic rings. The van der Waals surface area contributed by atoms with E-state index in [1.807, 2.05) is 6.92 Å². The monoisotopic (exact) mass is 207 g/mol. The van der Waals surface area contributed by atoms with Gasteiger partial charge in [-0.05, 0) is 13.3 Å². The van der Waals surface area contributed by atoms with Crippen molar-refractivity contribution >= 4 is 17.1 Å². The molecule has 0 aliphatic heterocycles. The van der Waals surface area contributed by atoms with E-state index in [4.69, 9.17) is 0 Å². The number of ketones is 1. The van der Waals surface area contributed by atoms with E-state index in [-0.39, 0.29) is 0 Å². The van der Waals surface area contributed by atoms with Gasteiger partial charge in [0.15, 0.2) is 0 Å². The number of aromatic nitrogens is 1. The van der Waals surface area contributed by atoms with Gasteiger partial charge in [0.1, 0.15) is 5.78 Å². The lowest BCUT2D eigenvalue weighted by Crippen LogP contribution is -2.05. The van der Waals surface area contributed by atoms with Gasteiger partial charge in [0.25, 0.3) is 0 Å². The maximum Gasteiger partial charge on any atom is 0.136 e. The topological polar surface area (TPSA) is 30.0 Å². The minimum Gasteiger partial charge on any atom is -0.299 e. The van der Waals surface area contributed by atoms with Crippen LogP contribution in [0.2, 0.25) is 0 Å². The summed E-state index contributed by atoms with van der Waals surface area (Å²) in [5, 5.41) is 3.22. The van der Waals surface area contributed by atoms with Crippen molar-refractivity contribution in [1.82, 2.24) is 4.98 Å². The summed E-state index contributed by atoms with van der Waals surface area (Å²) >= 11 is 1.69. The number of nitrogens with zero attached hydrogens (tertiary/aromatic N) is 1. The zero-order valence-electron chi connectivity index (χ0n) is 8.25. The summed E-state index contributed by atoms with van der Waals surface area (Å²) < 4.78 is 0. The molecule has 2 nitrogen and oxygen atoms in total. The van der Waals surface area contributed by atoms with Gasteiger partial charge in [0, 0.05) is 24.6 Å². The third-order valence-corrected chi connectivity index (χ3v) is 3.24. The van der Waals surface area contributed by atoms with Crippen LogP contribution >= 0.6 is 11.3 Å². The van der Waals surface area contributed by atoms with Crippen LogP contribution in [0.1, 0.15) is 30.0 Å². The first-order chi connectivity index (χ1) is 6.74. The number of thiazole rings is 1. The molecule has 3 heteroatoms. The van der Waals surface area contributed by atoms with Gasteiger partial charge in [-0.2, -0.15) is 0 Å². The fourth-order valence-electron chi connectivity index (χ4n) is 1.64. The molecule has 0 N–H and O–H groups in total. The van der Waals surface area contributed by atoms with Crippen LogP contribution in [-0.2, 0) is 11.2 Å². The minimum atomic E-state index is 0.364. The molecular formula is C11H13NOS. The highest BCUT2D eigenvalue weighted by Crippen LogP contribution is 2.20. The summed E-state index contributed by atoms with van der Waals surface area (Å²) in [6.07, 6.45) is 5.26. The lowest BCUT2D eigenvalue weighted by atomic mass is 9.95. The molecule has 1 heterocycles. The van der Waals surface area contributed by atoms with Crippen molar-refractivity contribution in [3.05, 3.63) is 27.7 Å². The van der Waals surface area contributed by atoms with Crippen molar-refractivity contribution in [3.63, 3.8) is 0 Å². The number of hydrogen-bond donors (Lipinski definition) is 0. The van der Waals surface area contributed by atoms with Crippen LogP contribution in [-0.4, -0.2) is 10.8 Å². The number of aryl methyl sites for hydroxylation is 1. The smallest absolute Gasteiger partial charge is 0.136 e. The summed E-state index contributed by atoms with van der Waals surface area (Å²) in [5.41, 5.74) is 2.52. The van der Waals surface area contributed by atoms with Gasteiger partial charge in [-0.3, -0.25) is 4.79 Å². The zero-order valence-corrected chi connectivity index (χ0v) is 9.06. The number of rotatable bonds is 2. The van der Waals surface area contributed by atoms with Gasteiger partial charge >= 0.3 is 0 Å². The Labute approximate surface area is 87.7 Å². The Bertz CT molecular complexity index is 378. The summed E-state index contributed by atoms with van der Waals surface area (Å²) in [6, 6.07) is 0. The van der Waals surface area contributed by atoms with Gasteiger partial charge in [-0.1, -0.05) is 11.6 Å². The summed E-state index contributed by atoms with van der Waals surface area (Å²) in [6.45, 7) is 2.02. The quantitative estimate of drug-likeness (QED) is 0.698. The lowest BCUT2D eigenvalue weighted by molar-refractivity contribution is -0.118. The Morgan fingerprint density at radius 3 is 2.93 bits per heavy atom. The Morgan fingerprint density at radius 2 is 2.36 bits per heavy atom. The highest BCUT2D eigenvalue weighted by atomic mass is 32.1. The van der Waals surface area contributed by atoms with Gasteiger partial charge in [0.2, 0.25) is 0 Å². The number of Topliss-reactive ketones (excluding diaryl/α,β-unsaturated/α-hetero) is 1. The third-order valence-electron chi connectivity index (χ3n) is 2.42. The Kier molecular flexibility index (Phi) is 2.77. The molecule has 1 aromatic rings. The Hall–Kier alpha value is -0.960. The highest BCUT2D eigenvalue weighted by molar-refractivity contribution is 7.09. The first-order valence-electron chi connectivity index (χ1n) is 4.84. The first kappa shape index (κ1) is 9.59. The molecule has 1 aromatic heterocycles. The molecular weight excluding hydrogens is 194 g/mol. The van der Waals surface area contributed by atoms with Crippen LogP contribution < -0.4 is 0 Å². The first-order valence-corrected chi connectivity index (χ1v) is 5.72. The van der Waals surface area contributed by atoms with E-state index in [1.54, 1.807) is 11.3 Å². The number of carbonyl (C=O) groups excluding carboxylic acids is 1. The molecule has 0 atom stereocenters. The van der Waals surface area contributed by atoms with Crippen LogP contribution in [0.4, 0.5) is 0 Å². The van der Waals surface area contributed by atoms with Crippen LogP contribution in [0, 0.1) is 6.92 Å². The zero-order chi connectivity index (χ0) is 9.97. The molecule has 0 spiro atoms. The predicted molar refractivity (Wildman–Crippen MR) is 57.5 cm³/mol. The van der Waals surface area contributed by atoms with E-state index < -0.39 is 0 Å². The van der Waals surface area contributed by atoms with Crippen LogP contribution in [0.25, 0.3) is 0 Å². The molecule has 1 aliphatic carbocycles. The van der Waals surface area contributed by atoms with Crippen LogP contribution in [0.15, 0.2) is 17.0 Å². The second-order valence-electron chi connectivity index (χ2n) is 3.64. The Morgan fingerprint density at radius 1 is 1.50 bits per heavy atom. The van der Waals surface area contributed by atoms with Gasteiger partial charge in [0.05, 0.1) is 10.7 Å². The van der Waals surface area contributed by atoms with Gasteiger partial charge in [-0.15, -0.1) is 11.3 Å². The average Bonchev–Trinajstić information content (AvgIpc) is 2.56. The van der Waals surface area contributed by atoms with E-state index in [2.05, 4.69) is 16.4 Å². The fraction of sp³-hybridized carbons (Fsp3) is 0.455. The molecule has 0 saturated heterocycles. The van der Waals surface area contributed by atoms with Crippen molar-refractivity contribution in [2.45, 2.75) is 32.6 Å². The second kappa shape index (κ2) is 4.05. The molecule has 14 heavy (non-hydrogen) atoms. The van der Waals surface area contributed by atoms with Gasteiger partial charge in [-0.25, -0.2) is 4.98 Å². The molecule has 0 fully saturated rings. The minimum absolute atomic E-state index is 0.364. The molecule has 0 aromatic carbocycles. The van der Waals surface area contributed by atoms with Crippen molar-refractivity contribution in [2.24, 2.45) is 0 Å². The van der Waals surface area contributed by atoms with Crippen LogP contribution in [0.5, 0.6) is 0 Å². The molecule has 0 bridgehead atoms. The molecule has 0 saturated carbocycles. The second-order valence-corrected chi connectivity index (χ2v) is 4.70. The fourth-order valence-corrected chi connectivity index (χ4v) is 2.26. The van der Waals surface area contributed by atoms with Crippen molar-refractivity contribution < 1.29 is 4.79 Å². The third kappa shape index (κ3) is 2.29. The van der Waals surface area contributed by atoms with E-state index in [1.165, 1.54) is 5.57 Å². The summed E-state index contributed by atoms with van der Waals surface area (Å²) in [4.78, 5) is 15.4. The maximum atomic E-state index is 11.0. The SMILES string of the molecule is Cc1nc(CC2=CCC(=O)CC2)cs1. The van der Waals surface area contributed by atoms with Crippen LogP contribution in [0.3, 0.4) is 0 Å². The van der Waals surface area contributed by atoms with E-state index >= 15 is 0 Å². The number of allylic oxidation sites excluding steroid dienone is 2. The molecule has 0 radical (unpaired) electrons. The normalized spacial score (nSPS) is 16.9. The molecule has 74 valence electrons. The van der Waals surface area contributed by atoms with Crippen molar-refractivity contribution in [2.75, 3.05) is 0 Å². The molecule has 2 rings (SSSR count).